The smallest absolute Gasteiger partial charge is 0.379 e. The third-order valence-electron chi connectivity index (χ3n) is 3.60. The highest BCUT2D eigenvalue weighted by Crippen LogP contribution is 2.33. The molecule has 1 amide bonds. The van der Waals surface area contributed by atoms with E-state index in [1.165, 1.54) is 24.6 Å². The van der Waals surface area contributed by atoms with Crippen LogP contribution in [0.25, 0.3) is 0 Å². The first-order valence-corrected chi connectivity index (χ1v) is 10.8. The highest BCUT2D eigenvalue weighted by atomic mass is 79.9. The van der Waals surface area contributed by atoms with Crippen LogP contribution < -0.4 is 14.9 Å². The van der Waals surface area contributed by atoms with E-state index >= 15 is 0 Å². The molecule has 0 saturated carbocycles. The van der Waals surface area contributed by atoms with Crippen molar-refractivity contribution in [2.24, 2.45) is 5.10 Å². The van der Waals surface area contributed by atoms with Crippen LogP contribution in [-0.4, -0.2) is 24.7 Å². The van der Waals surface area contributed by atoms with Crippen molar-refractivity contribution in [3.8, 4) is 11.5 Å². The van der Waals surface area contributed by atoms with Gasteiger partial charge in [-0.15, -0.1) is 0 Å². The third-order valence-corrected chi connectivity index (χ3v) is 5.18. The van der Waals surface area contributed by atoms with Gasteiger partial charge >= 0.3 is 5.97 Å². The number of benzene rings is 2. The number of nitrogens with zero attached hydrogens (tertiary/aromatic N) is 1. The highest BCUT2D eigenvalue weighted by molar-refractivity contribution is 9.11. The van der Waals surface area contributed by atoms with Crippen molar-refractivity contribution in [3.05, 3.63) is 79.0 Å². The summed E-state index contributed by atoms with van der Waals surface area (Å²) in [6, 6.07) is 11.1. The van der Waals surface area contributed by atoms with Crippen LogP contribution in [0.15, 0.2) is 67.2 Å². The largest absolute Gasteiger partial charge is 0.482 e. The number of halogens is 4. The first-order valence-electron chi connectivity index (χ1n) is 8.48. The van der Waals surface area contributed by atoms with Gasteiger partial charge in [0.15, 0.2) is 12.4 Å². The topological polar surface area (TPSA) is 90.1 Å². The molecule has 0 spiro atoms. The van der Waals surface area contributed by atoms with Gasteiger partial charge in [-0.1, -0.05) is 39.1 Å². The SMILES string of the molecule is O=C(COc1ccc(Cl)cc1Cl)N/N=C\c1cc(Br)cc(Br)c1OC(=O)c1ccco1. The third kappa shape index (κ3) is 6.57. The molecule has 31 heavy (non-hydrogen) atoms. The molecule has 0 aliphatic carbocycles. The normalized spacial score (nSPS) is 10.8. The Morgan fingerprint density at radius 3 is 2.68 bits per heavy atom. The average molecular weight is 591 g/mol. The molecule has 2 aromatic carbocycles. The molecule has 0 aliphatic rings. The quantitative estimate of drug-likeness (QED) is 0.161. The van der Waals surface area contributed by atoms with Crippen LogP contribution in [0, 0.1) is 0 Å². The summed E-state index contributed by atoms with van der Waals surface area (Å²) < 4.78 is 17.0. The summed E-state index contributed by atoms with van der Waals surface area (Å²) in [4.78, 5) is 24.2. The van der Waals surface area contributed by atoms with Gasteiger partial charge in [0.2, 0.25) is 5.76 Å². The van der Waals surface area contributed by atoms with Gasteiger partial charge in [-0.25, -0.2) is 10.2 Å². The Balaban J connectivity index is 1.65. The molecule has 7 nitrogen and oxygen atoms in total. The van der Waals surface area contributed by atoms with Gasteiger partial charge in [-0.3, -0.25) is 4.79 Å². The number of esters is 1. The molecule has 11 heteroatoms. The van der Waals surface area contributed by atoms with Crippen molar-refractivity contribution in [2.75, 3.05) is 6.61 Å². The summed E-state index contributed by atoms with van der Waals surface area (Å²) in [6.45, 7) is -0.318. The van der Waals surface area contributed by atoms with E-state index in [9.17, 15) is 9.59 Å². The Morgan fingerprint density at radius 1 is 1.16 bits per heavy atom. The lowest BCUT2D eigenvalue weighted by molar-refractivity contribution is -0.123. The van der Waals surface area contributed by atoms with Gasteiger partial charge in [0.25, 0.3) is 5.91 Å². The van der Waals surface area contributed by atoms with Crippen molar-refractivity contribution in [2.45, 2.75) is 0 Å². The maximum absolute atomic E-state index is 12.2. The van der Waals surface area contributed by atoms with Gasteiger partial charge < -0.3 is 13.9 Å². The molecule has 0 radical (unpaired) electrons. The summed E-state index contributed by atoms with van der Waals surface area (Å²) in [6.07, 6.45) is 2.69. The number of nitrogens with one attached hydrogen (secondary N) is 1. The zero-order valence-corrected chi connectivity index (χ0v) is 20.1. The molecule has 3 rings (SSSR count). The van der Waals surface area contributed by atoms with E-state index in [-0.39, 0.29) is 23.1 Å². The number of furan rings is 1. The van der Waals surface area contributed by atoms with Gasteiger partial charge in [0.05, 0.1) is 22.0 Å². The zero-order chi connectivity index (χ0) is 22.4. The van der Waals surface area contributed by atoms with Crippen molar-refractivity contribution in [1.29, 1.82) is 0 Å². The molecule has 1 aromatic heterocycles. The van der Waals surface area contributed by atoms with Crippen molar-refractivity contribution in [1.82, 2.24) is 5.43 Å². The number of rotatable bonds is 7. The first kappa shape index (κ1) is 23.3. The minimum Gasteiger partial charge on any atom is -0.482 e. The maximum atomic E-state index is 12.2. The van der Waals surface area contributed by atoms with Gasteiger partial charge in [-0.2, -0.15) is 5.10 Å². The number of ether oxygens (including phenoxy) is 2. The van der Waals surface area contributed by atoms with Crippen LogP contribution in [0.1, 0.15) is 16.1 Å². The Bertz CT molecular complexity index is 1140. The predicted molar refractivity (Wildman–Crippen MR) is 123 cm³/mol. The van der Waals surface area contributed by atoms with Crippen LogP contribution in [0.4, 0.5) is 0 Å². The number of carbonyl (C=O) groups is 2. The molecular formula is C20H12Br2Cl2N2O5. The second kappa shape index (κ2) is 10.8. The van der Waals surface area contributed by atoms with Gasteiger partial charge in [-0.05, 0) is 58.4 Å². The Labute approximate surface area is 203 Å². The fraction of sp³-hybridized carbons (Fsp3) is 0.0500. The number of amides is 1. The molecule has 3 aromatic rings. The average Bonchev–Trinajstić information content (AvgIpc) is 3.24. The number of carbonyl (C=O) groups excluding carboxylic acids is 2. The maximum Gasteiger partial charge on any atom is 0.379 e. The minimum atomic E-state index is -0.681. The van der Waals surface area contributed by atoms with E-state index in [4.69, 9.17) is 37.1 Å². The molecule has 0 fully saturated rings. The lowest BCUT2D eigenvalue weighted by Crippen LogP contribution is -2.24. The van der Waals surface area contributed by atoms with Crippen molar-refractivity contribution < 1.29 is 23.5 Å². The van der Waals surface area contributed by atoms with Gasteiger partial charge in [0.1, 0.15) is 5.75 Å². The number of hydrogen-bond acceptors (Lipinski definition) is 6. The first-order chi connectivity index (χ1) is 14.8. The number of hydrogen-bond donors (Lipinski definition) is 1. The summed E-state index contributed by atoms with van der Waals surface area (Å²) in [5.74, 6) is -0.644. The monoisotopic (exact) mass is 588 g/mol. The van der Waals surface area contributed by atoms with Crippen molar-refractivity contribution >= 4 is 73.2 Å². The number of hydrazone groups is 1. The molecule has 1 N–H and O–H groups in total. The second-order valence-corrected chi connectivity index (χ2v) is 8.44. The fourth-order valence-electron chi connectivity index (χ4n) is 2.26. The van der Waals surface area contributed by atoms with E-state index in [1.807, 2.05) is 0 Å². The Morgan fingerprint density at radius 2 is 1.97 bits per heavy atom. The zero-order valence-electron chi connectivity index (χ0n) is 15.4. The standard InChI is InChI=1S/C20H12Br2Cl2N2O5/c21-12-6-11(19(14(22)7-12)31-20(28)17-2-1-5-29-17)9-25-26-18(27)10-30-16-4-3-13(23)8-15(16)24/h1-9H,10H2,(H,26,27)/b25-9-. The predicted octanol–water partition coefficient (Wildman–Crippen LogP) is 5.86. The molecule has 0 atom stereocenters. The molecule has 1 heterocycles. The van der Waals surface area contributed by atoms with E-state index in [2.05, 4.69) is 42.4 Å². The second-order valence-electron chi connectivity index (χ2n) is 5.83. The van der Waals surface area contributed by atoms with Crippen LogP contribution in [-0.2, 0) is 4.79 Å². The summed E-state index contributed by atoms with van der Waals surface area (Å²) in [5.41, 5.74) is 2.75. The van der Waals surface area contributed by atoms with Crippen molar-refractivity contribution in [3.63, 3.8) is 0 Å². The Kier molecular flexibility index (Phi) is 8.14. The lowest BCUT2D eigenvalue weighted by atomic mass is 10.2. The lowest BCUT2D eigenvalue weighted by Gasteiger charge is -2.10. The van der Waals surface area contributed by atoms with E-state index in [0.717, 1.165) is 0 Å². The van der Waals surface area contributed by atoms with E-state index in [1.54, 1.807) is 30.3 Å². The van der Waals surface area contributed by atoms with E-state index < -0.39 is 11.9 Å². The van der Waals surface area contributed by atoms with Gasteiger partial charge in [0, 0.05) is 15.1 Å². The summed E-state index contributed by atoms with van der Waals surface area (Å²) in [7, 11) is 0. The Hall–Kier alpha value is -2.33. The van der Waals surface area contributed by atoms with Crippen LogP contribution >= 0.6 is 55.1 Å². The molecule has 160 valence electrons. The highest BCUT2D eigenvalue weighted by Gasteiger charge is 2.17. The molecule has 0 saturated heterocycles. The van der Waals surface area contributed by atoms with Crippen LogP contribution in [0.3, 0.4) is 0 Å². The van der Waals surface area contributed by atoms with Crippen LogP contribution in [0.2, 0.25) is 10.0 Å². The summed E-state index contributed by atoms with van der Waals surface area (Å²) in [5, 5.41) is 4.63. The fourth-order valence-corrected chi connectivity index (χ4v) is 4.07. The molecule has 0 unspecified atom stereocenters. The summed E-state index contributed by atoms with van der Waals surface area (Å²) >= 11 is 18.5. The molecular weight excluding hydrogens is 579 g/mol. The molecule has 0 bridgehead atoms. The minimum absolute atomic E-state index is 0.0454. The molecule has 0 aliphatic heterocycles. The van der Waals surface area contributed by atoms with E-state index in [0.29, 0.717) is 25.3 Å². The van der Waals surface area contributed by atoms with Crippen LogP contribution in [0.5, 0.6) is 11.5 Å².